The molecule has 33 heavy (non-hydrogen) atoms. The van der Waals surface area contributed by atoms with Crippen molar-refractivity contribution in [3.63, 3.8) is 0 Å². The van der Waals surface area contributed by atoms with Crippen molar-refractivity contribution in [2.75, 3.05) is 53.7 Å². The molecule has 2 aliphatic rings. The molecule has 0 N–H and O–H groups in total. The minimum absolute atomic E-state index is 0.268. The Morgan fingerprint density at radius 3 is 1.61 bits per heavy atom. The van der Waals surface area contributed by atoms with Crippen LogP contribution in [0.5, 0.6) is 0 Å². The van der Waals surface area contributed by atoms with E-state index in [1.54, 1.807) is 14.2 Å². The number of unbranched alkanes of at least 4 members (excludes halogenated alkanes) is 12. The van der Waals surface area contributed by atoms with Crippen LogP contribution >= 0.6 is 0 Å². The summed E-state index contributed by atoms with van der Waals surface area (Å²) in [6, 6.07) is 0. The van der Waals surface area contributed by atoms with E-state index >= 15 is 0 Å². The highest BCUT2D eigenvalue weighted by Crippen LogP contribution is 2.35. The van der Waals surface area contributed by atoms with Crippen LogP contribution in [0, 0.1) is 0 Å². The zero-order valence-corrected chi connectivity index (χ0v) is 22.1. The molecule has 0 radical (unpaired) electrons. The average Bonchev–Trinajstić information content (AvgIpc) is 3.48. The van der Waals surface area contributed by atoms with Gasteiger partial charge in [-0.05, 0) is 51.6 Å². The lowest BCUT2D eigenvalue weighted by Gasteiger charge is -2.29. The van der Waals surface area contributed by atoms with Crippen LogP contribution in [0.3, 0.4) is 0 Å². The molecule has 0 saturated carbocycles. The first-order valence-corrected chi connectivity index (χ1v) is 14.3. The maximum Gasteiger partial charge on any atom is 0.168 e. The van der Waals surface area contributed by atoms with Gasteiger partial charge in [0.1, 0.15) is 0 Å². The maximum atomic E-state index is 6.66. The highest BCUT2D eigenvalue weighted by molar-refractivity contribution is 4.82. The van der Waals surface area contributed by atoms with Crippen molar-refractivity contribution >= 4 is 0 Å². The lowest BCUT2D eigenvalue weighted by molar-refractivity contribution is -0.180. The van der Waals surface area contributed by atoms with Crippen LogP contribution in [0.25, 0.3) is 0 Å². The van der Waals surface area contributed by atoms with E-state index in [-0.39, 0.29) is 11.9 Å². The SMILES string of the molecule is COCCCCCCCCCC1(CCCCCCCCCOC)OCC(CN2CCCC2)O1. The van der Waals surface area contributed by atoms with Crippen molar-refractivity contribution in [2.45, 2.75) is 127 Å². The van der Waals surface area contributed by atoms with Crippen molar-refractivity contribution < 1.29 is 18.9 Å². The molecule has 2 rings (SSSR count). The smallest absolute Gasteiger partial charge is 0.168 e. The predicted octanol–water partition coefficient (Wildman–Crippen LogP) is 6.73. The van der Waals surface area contributed by atoms with Crippen molar-refractivity contribution in [1.82, 2.24) is 4.90 Å². The predicted molar refractivity (Wildman–Crippen MR) is 137 cm³/mol. The fourth-order valence-electron chi connectivity index (χ4n) is 5.40. The van der Waals surface area contributed by atoms with Gasteiger partial charge in [0.05, 0.1) is 12.7 Å². The number of nitrogens with zero attached hydrogens (tertiary/aromatic N) is 1. The van der Waals surface area contributed by atoms with Gasteiger partial charge in [-0.15, -0.1) is 0 Å². The minimum Gasteiger partial charge on any atom is -0.385 e. The Hall–Kier alpha value is -0.200. The summed E-state index contributed by atoms with van der Waals surface area (Å²) in [6.07, 6.45) is 23.2. The van der Waals surface area contributed by atoms with E-state index in [1.807, 2.05) is 0 Å². The second kappa shape index (κ2) is 19.0. The van der Waals surface area contributed by atoms with Gasteiger partial charge >= 0.3 is 0 Å². The minimum atomic E-state index is -0.304. The molecule has 2 heterocycles. The van der Waals surface area contributed by atoms with E-state index in [0.717, 1.165) is 39.2 Å². The molecular weight excluding hydrogens is 414 g/mol. The van der Waals surface area contributed by atoms with Gasteiger partial charge in [-0.25, -0.2) is 0 Å². The Morgan fingerprint density at radius 1 is 0.667 bits per heavy atom. The van der Waals surface area contributed by atoms with Crippen LogP contribution in [0.2, 0.25) is 0 Å². The maximum absolute atomic E-state index is 6.66. The molecule has 0 aromatic rings. The first-order chi connectivity index (χ1) is 16.3. The van der Waals surface area contributed by atoms with Gasteiger partial charge in [0.15, 0.2) is 5.79 Å². The molecule has 5 nitrogen and oxygen atoms in total. The van der Waals surface area contributed by atoms with Crippen LogP contribution in [0.15, 0.2) is 0 Å². The van der Waals surface area contributed by atoms with Gasteiger partial charge in [0.2, 0.25) is 0 Å². The van der Waals surface area contributed by atoms with E-state index in [2.05, 4.69) is 4.90 Å². The summed E-state index contributed by atoms with van der Waals surface area (Å²) in [5.41, 5.74) is 0. The molecule has 5 heteroatoms. The van der Waals surface area contributed by atoms with Crippen LogP contribution < -0.4 is 0 Å². The summed E-state index contributed by atoms with van der Waals surface area (Å²) in [7, 11) is 3.59. The molecule has 2 aliphatic heterocycles. The van der Waals surface area contributed by atoms with E-state index in [1.165, 1.54) is 116 Å². The zero-order valence-electron chi connectivity index (χ0n) is 22.1. The Kier molecular flexibility index (Phi) is 16.8. The highest BCUT2D eigenvalue weighted by atomic mass is 16.7. The first kappa shape index (κ1) is 29.0. The fourth-order valence-corrected chi connectivity index (χ4v) is 5.40. The summed E-state index contributed by atoms with van der Waals surface area (Å²) >= 11 is 0. The van der Waals surface area contributed by atoms with E-state index in [9.17, 15) is 0 Å². The van der Waals surface area contributed by atoms with Gasteiger partial charge in [0, 0.05) is 46.8 Å². The molecule has 196 valence electrons. The van der Waals surface area contributed by atoms with Gasteiger partial charge in [-0.2, -0.15) is 0 Å². The monoisotopic (exact) mass is 469 g/mol. The molecule has 0 aliphatic carbocycles. The Balaban J connectivity index is 1.62. The van der Waals surface area contributed by atoms with Gasteiger partial charge < -0.3 is 23.8 Å². The largest absolute Gasteiger partial charge is 0.385 e. The summed E-state index contributed by atoms with van der Waals surface area (Å²) in [5, 5.41) is 0. The Morgan fingerprint density at radius 2 is 1.12 bits per heavy atom. The second-order valence-corrected chi connectivity index (χ2v) is 10.4. The van der Waals surface area contributed by atoms with E-state index < -0.39 is 0 Å². The van der Waals surface area contributed by atoms with Crippen LogP contribution in [0.1, 0.15) is 116 Å². The van der Waals surface area contributed by atoms with Gasteiger partial charge in [-0.3, -0.25) is 0 Å². The molecule has 2 saturated heterocycles. The van der Waals surface area contributed by atoms with Crippen LogP contribution in [0.4, 0.5) is 0 Å². The molecule has 2 fully saturated rings. The zero-order chi connectivity index (χ0) is 23.5. The lowest BCUT2D eigenvalue weighted by atomic mass is 9.98. The van der Waals surface area contributed by atoms with E-state index in [4.69, 9.17) is 18.9 Å². The quantitative estimate of drug-likeness (QED) is 0.164. The van der Waals surface area contributed by atoms with Gasteiger partial charge in [0.25, 0.3) is 0 Å². The first-order valence-electron chi connectivity index (χ1n) is 14.3. The molecule has 0 aromatic carbocycles. The summed E-state index contributed by atoms with van der Waals surface area (Å²) < 4.78 is 23.4. The summed E-state index contributed by atoms with van der Waals surface area (Å²) in [6.45, 7) is 6.14. The lowest BCUT2D eigenvalue weighted by Crippen LogP contribution is -2.35. The third-order valence-corrected chi connectivity index (χ3v) is 7.39. The Labute approximate surface area is 205 Å². The van der Waals surface area contributed by atoms with Crippen molar-refractivity contribution in [3.8, 4) is 0 Å². The third kappa shape index (κ3) is 13.5. The van der Waals surface area contributed by atoms with Crippen molar-refractivity contribution in [3.05, 3.63) is 0 Å². The fraction of sp³-hybridized carbons (Fsp3) is 1.00. The van der Waals surface area contributed by atoms with Gasteiger partial charge in [-0.1, -0.05) is 64.2 Å². The summed E-state index contributed by atoms with van der Waals surface area (Å²) in [5.74, 6) is -0.304. The average molecular weight is 470 g/mol. The van der Waals surface area contributed by atoms with Crippen LogP contribution in [-0.2, 0) is 18.9 Å². The van der Waals surface area contributed by atoms with Crippen LogP contribution in [-0.4, -0.2) is 70.5 Å². The molecule has 1 unspecified atom stereocenters. The molecule has 0 aromatic heterocycles. The molecule has 0 amide bonds. The number of hydrogen-bond acceptors (Lipinski definition) is 5. The molecule has 0 spiro atoms. The molecule has 1 atom stereocenters. The van der Waals surface area contributed by atoms with Crippen molar-refractivity contribution in [1.29, 1.82) is 0 Å². The van der Waals surface area contributed by atoms with E-state index in [0.29, 0.717) is 0 Å². The normalized spacial score (nSPS) is 20.7. The number of methoxy groups -OCH3 is 2. The Bertz CT molecular complexity index is 420. The number of ether oxygens (including phenoxy) is 4. The topological polar surface area (TPSA) is 40.2 Å². The number of likely N-dealkylation sites (tertiary alicyclic amines) is 1. The standard InChI is InChI=1S/C28H55NO4/c1-30-23-17-11-7-3-5-9-13-19-28(20-14-10-6-4-8-12-18-24-31-2)32-26-27(33-28)25-29-21-15-16-22-29/h27H,3-26H2,1-2H3. The second-order valence-electron chi connectivity index (χ2n) is 10.4. The third-order valence-electron chi connectivity index (χ3n) is 7.39. The number of rotatable bonds is 22. The van der Waals surface area contributed by atoms with Crippen molar-refractivity contribution in [2.24, 2.45) is 0 Å². The number of hydrogen-bond donors (Lipinski definition) is 0. The summed E-state index contributed by atoms with van der Waals surface area (Å²) in [4.78, 5) is 2.57. The molecule has 0 bridgehead atoms. The highest BCUT2D eigenvalue weighted by Gasteiger charge is 2.41. The molecular formula is C28H55NO4.